The number of aromatic nitrogens is 3. The highest BCUT2D eigenvalue weighted by Crippen LogP contribution is 2.23. The maximum absolute atomic E-state index is 11.9. The second kappa shape index (κ2) is 6.73. The molecule has 8 nitrogen and oxygen atoms in total. The van der Waals surface area contributed by atoms with Gasteiger partial charge in [-0.1, -0.05) is 0 Å². The first kappa shape index (κ1) is 17.6. The van der Waals surface area contributed by atoms with Crippen molar-refractivity contribution < 1.29 is 9.34 Å². The molecule has 0 saturated heterocycles. The molecule has 0 aliphatic carbocycles. The van der Waals surface area contributed by atoms with Gasteiger partial charge in [-0.25, -0.2) is 14.5 Å². The zero-order valence-electron chi connectivity index (χ0n) is 15.2. The van der Waals surface area contributed by atoms with Crippen LogP contribution in [0.25, 0.3) is 22.4 Å². The fraction of sp³-hybridized carbons (Fsp3) is 0.150. The summed E-state index contributed by atoms with van der Waals surface area (Å²) in [5, 5.41) is 16.1. The molecule has 0 atom stereocenters. The van der Waals surface area contributed by atoms with Crippen molar-refractivity contribution in [3.8, 4) is 11.4 Å². The van der Waals surface area contributed by atoms with Crippen LogP contribution in [0.3, 0.4) is 0 Å². The first-order valence-electron chi connectivity index (χ1n) is 8.59. The minimum Gasteiger partial charge on any atom is -0.423 e. The van der Waals surface area contributed by atoms with E-state index in [9.17, 15) is 14.9 Å². The summed E-state index contributed by atoms with van der Waals surface area (Å²) in [5.74, 6) is 0.453. The SMILES string of the molecule is Cc1cc2oc(=O)cc(Cn3cnc(-c4ccc([N+](=O)[O-])cc4)n3)c2cc1C. The van der Waals surface area contributed by atoms with E-state index < -0.39 is 10.5 Å². The molecule has 0 amide bonds. The van der Waals surface area contributed by atoms with E-state index in [4.69, 9.17) is 4.42 Å². The monoisotopic (exact) mass is 376 g/mol. The first-order valence-corrected chi connectivity index (χ1v) is 8.59. The summed E-state index contributed by atoms with van der Waals surface area (Å²) in [6, 6.07) is 11.4. The number of fused-ring (bicyclic) bond motifs is 1. The van der Waals surface area contributed by atoms with Gasteiger partial charge in [-0.3, -0.25) is 10.1 Å². The third kappa shape index (κ3) is 3.27. The van der Waals surface area contributed by atoms with Gasteiger partial charge in [-0.05, 0) is 54.8 Å². The first-order chi connectivity index (χ1) is 13.4. The number of nitro groups is 1. The average molecular weight is 376 g/mol. The van der Waals surface area contributed by atoms with E-state index in [-0.39, 0.29) is 5.69 Å². The van der Waals surface area contributed by atoms with Gasteiger partial charge in [-0.2, -0.15) is 5.10 Å². The Labute approximate surface area is 159 Å². The average Bonchev–Trinajstić information content (AvgIpc) is 3.12. The lowest BCUT2D eigenvalue weighted by atomic mass is 10.0. The van der Waals surface area contributed by atoms with Gasteiger partial charge >= 0.3 is 5.63 Å². The molecule has 2 aromatic heterocycles. The van der Waals surface area contributed by atoms with Gasteiger partial charge in [-0.15, -0.1) is 0 Å². The van der Waals surface area contributed by atoms with Crippen LogP contribution < -0.4 is 5.63 Å². The van der Waals surface area contributed by atoms with Crippen LogP contribution in [0.4, 0.5) is 5.69 Å². The smallest absolute Gasteiger partial charge is 0.336 e. The lowest BCUT2D eigenvalue weighted by Gasteiger charge is -2.08. The fourth-order valence-electron chi connectivity index (χ4n) is 3.02. The summed E-state index contributed by atoms with van der Waals surface area (Å²) in [5.41, 5.74) is 3.75. The van der Waals surface area contributed by atoms with E-state index >= 15 is 0 Å². The Hall–Kier alpha value is -3.81. The minimum atomic E-state index is -0.453. The fourth-order valence-corrected chi connectivity index (χ4v) is 3.02. The van der Waals surface area contributed by atoms with Gasteiger partial charge in [0, 0.05) is 29.1 Å². The van der Waals surface area contributed by atoms with Gasteiger partial charge in [0.25, 0.3) is 5.69 Å². The predicted octanol–water partition coefficient (Wildman–Crippen LogP) is 3.62. The van der Waals surface area contributed by atoms with E-state index in [2.05, 4.69) is 10.1 Å². The Bertz CT molecular complexity index is 1260. The van der Waals surface area contributed by atoms with Crippen molar-refractivity contribution >= 4 is 16.7 Å². The molecule has 4 rings (SSSR count). The van der Waals surface area contributed by atoms with Gasteiger partial charge in [0.15, 0.2) is 5.82 Å². The molecular weight excluding hydrogens is 360 g/mol. The third-order valence-corrected chi connectivity index (χ3v) is 4.65. The molecular formula is C20H16N4O4. The lowest BCUT2D eigenvalue weighted by Crippen LogP contribution is -2.06. The maximum Gasteiger partial charge on any atom is 0.336 e. The van der Waals surface area contributed by atoms with Gasteiger partial charge in [0.1, 0.15) is 11.9 Å². The summed E-state index contributed by atoms with van der Waals surface area (Å²) in [6.07, 6.45) is 1.57. The molecule has 140 valence electrons. The lowest BCUT2D eigenvalue weighted by molar-refractivity contribution is -0.384. The van der Waals surface area contributed by atoms with Crippen LogP contribution in [-0.4, -0.2) is 19.7 Å². The number of aryl methyl sites for hydroxylation is 2. The topological polar surface area (TPSA) is 104 Å². The van der Waals surface area contributed by atoms with Gasteiger partial charge in [0.2, 0.25) is 0 Å². The Kier molecular flexibility index (Phi) is 4.23. The van der Waals surface area contributed by atoms with Crippen molar-refractivity contribution in [3.63, 3.8) is 0 Å². The van der Waals surface area contributed by atoms with Crippen molar-refractivity contribution in [2.75, 3.05) is 0 Å². The molecule has 0 fully saturated rings. The molecule has 2 heterocycles. The third-order valence-electron chi connectivity index (χ3n) is 4.65. The Balaban J connectivity index is 1.68. The molecule has 0 radical (unpaired) electrons. The van der Waals surface area contributed by atoms with Crippen molar-refractivity contribution in [2.45, 2.75) is 20.4 Å². The second-order valence-electron chi connectivity index (χ2n) is 6.59. The summed E-state index contributed by atoms with van der Waals surface area (Å²) in [6.45, 7) is 4.33. The molecule has 0 saturated carbocycles. The number of hydrogen-bond acceptors (Lipinski definition) is 6. The van der Waals surface area contributed by atoms with E-state index in [0.717, 1.165) is 22.1 Å². The Morgan fingerprint density at radius 3 is 2.54 bits per heavy atom. The van der Waals surface area contributed by atoms with Crippen molar-refractivity contribution in [1.29, 1.82) is 0 Å². The standard InChI is InChI=1S/C20H16N4O4/c1-12-7-17-15(9-19(25)28-18(17)8-13(12)2)10-23-11-21-20(22-23)14-3-5-16(6-4-14)24(26)27/h3-9,11H,10H2,1-2H3. The van der Waals surface area contributed by atoms with Crippen LogP contribution in [0.5, 0.6) is 0 Å². The van der Waals surface area contributed by atoms with Crippen LogP contribution in [0, 0.1) is 24.0 Å². The van der Waals surface area contributed by atoms with Crippen molar-refractivity contribution in [2.24, 2.45) is 0 Å². The van der Waals surface area contributed by atoms with Crippen molar-refractivity contribution in [1.82, 2.24) is 14.8 Å². The number of nitrogens with zero attached hydrogens (tertiary/aromatic N) is 4. The molecule has 0 aliphatic rings. The number of nitro benzene ring substituents is 1. The summed E-state index contributed by atoms with van der Waals surface area (Å²) in [4.78, 5) is 26.5. The summed E-state index contributed by atoms with van der Waals surface area (Å²) < 4.78 is 6.95. The molecule has 0 aliphatic heterocycles. The molecule has 0 N–H and O–H groups in total. The number of hydrogen-bond donors (Lipinski definition) is 0. The minimum absolute atomic E-state index is 0.0105. The molecule has 28 heavy (non-hydrogen) atoms. The Morgan fingerprint density at radius 2 is 1.82 bits per heavy atom. The van der Waals surface area contributed by atoms with E-state index in [0.29, 0.717) is 23.5 Å². The highest BCUT2D eigenvalue weighted by molar-refractivity contribution is 5.81. The molecule has 0 unspecified atom stereocenters. The van der Waals surface area contributed by atoms with Crippen LogP contribution >= 0.6 is 0 Å². The quantitative estimate of drug-likeness (QED) is 0.306. The van der Waals surface area contributed by atoms with Gasteiger partial charge < -0.3 is 4.42 Å². The molecule has 0 bridgehead atoms. The molecule has 2 aromatic carbocycles. The second-order valence-corrected chi connectivity index (χ2v) is 6.59. The van der Waals surface area contributed by atoms with E-state index in [1.807, 2.05) is 26.0 Å². The van der Waals surface area contributed by atoms with Crippen LogP contribution in [0.2, 0.25) is 0 Å². The predicted molar refractivity (Wildman–Crippen MR) is 103 cm³/mol. The van der Waals surface area contributed by atoms with E-state index in [1.165, 1.54) is 18.2 Å². The summed E-state index contributed by atoms with van der Waals surface area (Å²) in [7, 11) is 0. The van der Waals surface area contributed by atoms with Crippen LogP contribution in [0.1, 0.15) is 16.7 Å². The van der Waals surface area contributed by atoms with Gasteiger partial charge in [0.05, 0.1) is 11.5 Å². The Morgan fingerprint density at radius 1 is 1.11 bits per heavy atom. The van der Waals surface area contributed by atoms with Crippen LogP contribution in [-0.2, 0) is 6.54 Å². The highest BCUT2D eigenvalue weighted by atomic mass is 16.6. The highest BCUT2D eigenvalue weighted by Gasteiger charge is 2.11. The zero-order valence-corrected chi connectivity index (χ0v) is 15.2. The van der Waals surface area contributed by atoms with Crippen LogP contribution in [0.15, 0.2) is 58.0 Å². The molecule has 0 spiro atoms. The largest absolute Gasteiger partial charge is 0.423 e. The van der Waals surface area contributed by atoms with E-state index in [1.54, 1.807) is 23.1 Å². The molecule has 4 aromatic rings. The maximum atomic E-state index is 11.9. The number of benzene rings is 2. The van der Waals surface area contributed by atoms with Crippen molar-refractivity contribution in [3.05, 3.63) is 86.0 Å². The number of rotatable bonds is 4. The number of non-ortho nitro benzene ring substituents is 1. The summed E-state index contributed by atoms with van der Waals surface area (Å²) >= 11 is 0. The normalized spacial score (nSPS) is 11.1. The molecule has 8 heteroatoms. The zero-order chi connectivity index (χ0) is 19.8.